The van der Waals surface area contributed by atoms with E-state index in [4.69, 9.17) is 4.74 Å². The zero-order valence-corrected chi connectivity index (χ0v) is 8.53. The van der Waals surface area contributed by atoms with Crippen LogP contribution < -0.4 is 4.74 Å². The number of benzene rings is 1. The molecular weight excluding hydrogens is 172 g/mol. The monoisotopic (exact) mass is 186 g/mol. The molecule has 0 aromatic heterocycles. The molecule has 0 amide bonds. The number of hydrogen-bond acceptors (Lipinski definition) is 1. The van der Waals surface area contributed by atoms with Gasteiger partial charge in [0.2, 0.25) is 0 Å². The van der Waals surface area contributed by atoms with E-state index in [-0.39, 0.29) is 5.60 Å². The van der Waals surface area contributed by atoms with E-state index in [1.165, 1.54) is 5.56 Å². The van der Waals surface area contributed by atoms with Crippen LogP contribution in [0.5, 0.6) is 5.75 Å². The van der Waals surface area contributed by atoms with E-state index in [1.54, 1.807) is 0 Å². The average molecular weight is 186 g/mol. The molecule has 1 heteroatoms. The second-order valence-corrected chi connectivity index (χ2v) is 4.47. The van der Waals surface area contributed by atoms with Crippen LogP contribution in [0.3, 0.4) is 0 Å². The lowest BCUT2D eigenvalue weighted by Gasteiger charge is -2.28. The highest BCUT2D eigenvalue weighted by Gasteiger charge is 2.49. The lowest BCUT2D eigenvalue weighted by atomic mass is 9.84. The molecule has 0 saturated carbocycles. The van der Waals surface area contributed by atoms with Crippen molar-refractivity contribution in [3.63, 3.8) is 0 Å². The second-order valence-electron chi connectivity index (χ2n) is 4.47. The highest BCUT2D eigenvalue weighted by Crippen LogP contribution is 2.52. The predicted octanol–water partition coefficient (Wildman–Crippen LogP) is 3.13. The molecule has 1 aliphatic heterocycles. The van der Waals surface area contributed by atoms with Gasteiger partial charge in [0.1, 0.15) is 11.4 Å². The molecule has 1 nitrogen and oxygen atoms in total. The summed E-state index contributed by atoms with van der Waals surface area (Å²) in [6.07, 6.45) is 4.55. The molecule has 0 spiro atoms. The van der Waals surface area contributed by atoms with Crippen LogP contribution in [0.1, 0.15) is 25.3 Å². The Morgan fingerprint density at radius 2 is 2.00 bits per heavy atom. The third kappa shape index (κ3) is 0.802. The summed E-state index contributed by atoms with van der Waals surface area (Å²) in [6.45, 7) is 4.44. The third-order valence-electron chi connectivity index (χ3n) is 3.70. The Bertz CT molecular complexity index is 407. The standard InChI is InChI=1S/C13H14O/c1-9-7-8-11-10-5-3-4-6-12(10)14-13(9,11)2/h3-9,11H,1-2H3. The summed E-state index contributed by atoms with van der Waals surface area (Å²) in [4.78, 5) is 0. The van der Waals surface area contributed by atoms with E-state index in [1.807, 2.05) is 6.07 Å². The Kier molecular flexibility index (Phi) is 1.40. The first-order valence-corrected chi connectivity index (χ1v) is 5.18. The molecule has 1 aromatic rings. The lowest BCUT2D eigenvalue weighted by molar-refractivity contribution is 0.0745. The van der Waals surface area contributed by atoms with Gasteiger partial charge in [-0.05, 0) is 13.0 Å². The molecule has 14 heavy (non-hydrogen) atoms. The van der Waals surface area contributed by atoms with Gasteiger partial charge in [-0.15, -0.1) is 0 Å². The molecule has 1 aromatic carbocycles. The van der Waals surface area contributed by atoms with Gasteiger partial charge in [-0.3, -0.25) is 0 Å². The van der Waals surface area contributed by atoms with Crippen molar-refractivity contribution in [2.75, 3.05) is 0 Å². The van der Waals surface area contributed by atoms with Crippen molar-refractivity contribution in [3.05, 3.63) is 42.0 Å². The van der Waals surface area contributed by atoms with Crippen molar-refractivity contribution in [1.29, 1.82) is 0 Å². The molecular formula is C13H14O. The van der Waals surface area contributed by atoms with Crippen molar-refractivity contribution in [2.45, 2.75) is 25.4 Å². The second kappa shape index (κ2) is 2.41. The van der Waals surface area contributed by atoms with E-state index in [0.717, 1.165) is 5.75 Å². The normalized spacial score (nSPS) is 37.9. The van der Waals surface area contributed by atoms with Gasteiger partial charge in [-0.1, -0.05) is 37.3 Å². The van der Waals surface area contributed by atoms with Crippen molar-refractivity contribution < 1.29 is 4.74 Å². The van der Waals surface area contributed by atoms with Crippen molar-refractivity contribution >= 4 is 0 Å². The number of para-hydroxylation sites is 1. The van der Waals surface area contributed by atoms with E-state index >= 15 is 0 Å². The summed E-state index contributed by atoms with van der Waals surface area (Å²) in [5.41, 5.74) is 1.31. The molecule has 72 valence electrons. The Balaban J connectivity index is 2.16. The number of ether oxygens (including phenoxy) is 1. The highest BCUT2D eigenvalue weighted by atomic mass is 16.5. The zero-order valence-electron chi connectivity index (χ0n) is 8.53. The molecule has 0 bridgehead atoms. The number of rotatable bonds is 0. The molecule has 1 heterocycles. The van der Waals surface area contributed by atoms with Gasteiger partial charge < -0.3 is 4.74 Å². The van der Waals surface area contributed by atoms with Crippen LogP contribution >= 0.6 is 0 Å². The summed E-state index contributed by atoms with van der Waals surface area (Å²) in [5.74, 6) is 2.02. The maximum atomic E-state index is 6.07. The molecule has 3 rings (SSSR count). The van der Waals surface area contributed by atoms with Gasteiger partial charge in [0, 0.05) is 17.4 Å². The molecule has 0 radical (unpaired) electrons. The summed E-state index contributed by atoms with van der Waals surface area (Å²) < 4.78 is 6.07. The first kappa shape index (κ1) is 8.10. The van der Waals surface area contributed by atoms with Crippen LogP contribution in [0.15, 0.2) is 36.4 Å². The van der Waals surface area contributed by atoms with Gasteiger partial charge in [0.25, 0.3) is 0 Å². The highest BCUT2D eigenvalue weighted by molar-refractivity contribution is 5.48. The summed E-state index contributed by atoms with van der Waals surface area (Å²) in [6, 6.07) is 8.37. The quantitative estimate of drug-likeness (QED) is 0.566. The van der Waals surface area contributed by atoms with Crippen molar-refractivity contribution in [2.24, 2.45) is 5.92 Å². The van der Waals surface area contributed by atoms with Crippen LogP contribution in [0.2, 0.25) is 0 Å². The molecule has 0 saturated heterocycles. The average Bonchev–Trinajstić information content (AvgIpc) is 2.61. The molecule has 2 aliphatic rings. The van der Waals surface area contributed by atoms with Gasteiger partial charge in [-0.25, -0.2) is 0 Å². The minimum atomic E-state index is -0.0380. The first-order valence-electron chi connectivity index (χ1n) is 5.18. The molecule has 1 aliphatic carbocycles. The van der Waals surface area contributed by atoms with Crippen molar-refractivity contribution in [3.8, 4) is 5.75 Å². The Morgan fingerprint density at radius 3 is 2.86 bits per heavy atom. The van der Waals surface area contributed by atoms with Gasteiger partial charge >= 0.3 is 0 Å². The maximum absolute atomic E-state index is 6.07. The minimum absolute atomic E-state index is 0.0380. The zero-order chi connectivity index (χ0) is 9.76. The van der Waals surface area contributed by atoms with Crippen LogP contribution in [0, 0.1) is 5.92 Å². The maximum Gasteiger partial charge on any atom is 0.124 e. The topological polar surface area (TPSA) is 9.23 Å². The fourth-order valence-electron chi connectivity index (χ4n) is 2.58. The van der Waals surface area contributed by atoms with Crippen LogP contribution in [-0.4, -0.2) is 5.60 Å². The van der Waals surface area contributed by atoms with E-state index in [9.17, 15) is 0 Å². The fourth-order valence-corrected chi connectivity index (χ4v) is 2.58. The minimum Gasteiger partial charge on any atom is -0.486 e. The van der Waals surface area contributed by atoms with E-state index < -0.39 is 0 Å². The van der Waals surface area contributed by atoms with E-state index in [0.29, 0.717) is 11.8 Å². The number of hydrogen-bond donors (Lipinski definition) is 0. The van der Waals surface area contributed by atoms with E-state index in [2.05, 4.69) is 44.2 Å². The summed E-state index contributed by atoms with van der Waals surface area (Å²) in [7, 11) is 0. The summed E-state index contributed by atoms with van der Waals surface area (Å²) in [5, 5.41) is 0. The van der Waals surface area contributed by atoms with Crippen molar-refractivity contribution in [1.82, 2.24) is 0 Å². The Labute approximate surface area is 84.4 Å². The molecule has 3 atom stereocenters. The van der Waals surface area contributed by atoms with Gasteiger partial charge in [0.05, 0.1) is 0 Å². The van der Waals surface area contributed by atoms with Gasteiger partial charge in [-0.2, -0.15) is 0 Å². The molecule has 0 fully saturated rings. The predicted molar refractivity (Wildman–Crippen MR) is 56.5 cm³/mol. The summed E-state index contributed by atoms with van der Waals surface area (Å²) >= 11 is 0. The third-order valence-corrected chi connectivity index (χ3v) is 3.70. The lowest BCUT2D eigenvalue weighted by Crippen LogP contribution is -2.36. The van der Waals surface area contributed by atoms with Crippen LogP contribution in [0.4, 0.5) is 0 Å². The Hall–Kier alpha value is -1.24. The molecule has 3 unspecified atom stereocenters. The number of fused-ring (bicyclic) bond motifs is 3. The SMILES string of the molecule is CC1C=CC2c3ccccc3OC12C. The largest absolute Gasteiger partial charge is 0.486 e. The van der Waals surface area contributed by atoms with Crippen LogP contribution in [-0.2, 0) is 0 Å². The molecule has 0 N–H and O–H groups in total. The first-order chi connectivity index (χ1) is 6.72. The van der Waals surface area contributed by atoms with Gasteiger partial charge in [0.15, 0.2) is 0 Å². The van der Waals surface area contributed by atoms with Crippen LogP contribution in [0.25, 0.3) is 0 Å². The smallest absolute Gasteiger partial charge is 0.124 e. The fraction of sp³-hybridized carbons (Fsp3) is 0.385. The Morgan fingerprint density at radius 1 is 1.21 bits per heavy atom.